The lowest BCUT2D eigenvalue weighted by atomic mass is 10.1. The predicted molar refractivity (Wildman–Crippen MR) is 219 cm³/mol. The van der Waals surface area contributed by atoms with Gasteiger partial charge in [-0.2, -0.15) is 0 Å². The van der Waals surface area contributed by atoms with Crippen LogP contribution in [0.1, 0.15) is 233 Å². The van der Waals surface area contributed by atoms with E-state index in [1.54, 1.807) is 0 Å². The monoisotopic (exact) mass is 733 g/mol. The van der Waals surface area contributed by atoms with E-state index >= 15 is 0 Å². The lowest BCUT2D eigenvalue weighted by Crippen LogP contribution is -2.30. The summed E-state index contributed by atoms with van der Waals surface area (Å²) < 4.78 is 16.5. The van der Waals surface area contributed by atoms with Crippen molar-refractivity contribution < 1.29 is 28.6 Å². The van der Waals surface area contributed by atoms with Gasteiger partial charge in [0, 0.05) is 19.3 Å². The van der Waals surface area contributed by atoms with Crippen LogP contribution in [0.5, 0.6) is 0 Å². The van der Waals surface area contributed by atoms with Crippen molar-refractivity contribution in [1.82, 2.24) is 0 Å². The van der Waals surface area contributed by atoms with Gasteiger partial charge in [-0.3, -0.25) is 14.4 Å². The van der Waals surface area contributed by atoms with E-state index in [0.29, 0.717) is 19.3 Å². The highest BCUT2D eigenvalue weighted by atomic mass is 16.6. The van der Waals surface area contributed by atoms with Crippen LogP contribution in [0, 0.1) is 0 Å². The summed E-state index contributed by atoms with van der Waals surface area (Å²) in [5, 5.41) is 0. The Labute approximate surface area is 322 Å². The molecule has 0 radical (unpaired) electrons. The van der Waals surface area contributed by atoms with E-state index < -0.39 is 6.10 Å². The van der Waals surface area contributed by atoms with E-state index in [4.69, 9.17) is 14.2 Å². The van der Waals surface area contributed by atoms with Gasteiger partial charge in [-0.05, 0) is 51.4 Å². The lowest BCUT2D eigenvalue weighted by Gasteiger charge is -2.18. The van der Waals surface area contributed by atoms with Gasteiger partial charge in [0.2, 0.25) is 0 Å². The fourth-order valence-electron chi connectivity index (χ4n) is 6.29. The minimum atomic E-state index is -0.762. The minimum Gasteiger partial charge on any atom is -0.462 e. The average Bonchev–Trinajstić information content (AvgIpc) is 3.14. The highest BCUT2D eigenvalue weighted by Crippen LogP contribution is 2.14. The molecule has 6 nitrogen and oxygen atoms in total. The largest absolute Gasteiger partial charge is 0.462 e. The molecule has 1 atom stereocenters. The second-order valence-electron chi connectivity index (χ2n) is 15.0. The van der Waals surface area contributed by atoms with Gasteiger partial charge < -0.3 is 14.2 Å². The molecule has 0 amide bonds. The molecule has 0 aliphatic heterocycles. The third-order valence-corrected chi connectivity index (χ3v) is 9.71. The zero-order valence-corrected chi connectivity index (χ0v) is 34.6. The van der Waals surface area contributed by atoms with Crippen LogP contribution in [0.2, 0.25) is 0 Å². The maximum Gasteiger partial charge on any atom is 0.306 e. The molecular formula is C46H84O6. The molecule has 0 N–H and O–H groups in total. The fourth-order valence-corrected chi connectivity index (χ4v) is 6.29. The van der Waals surface area contributed by atoms with Gasteiger partial charge in [0.25, 0.3) is 0 Å². The Morgan fingerprint density at radius 1 is 0.385 bits per heavy atom. The Hall–Kier alpha value is -2.11. The second kappa shape index (κ2) is 41.6. The molecule has 52 heavy (non-hydrogen) atoms. The van der Waals surface area contributed by atoms with Crippen LogP contribution in [0.15, 0.2) is 24.3 Å². The smallest absolute Gasteiger partial charge is 0.306 e. The van der Waals surface area contributed by atoms with Crippen LogP contribution in [0.3, 0.4) is 0 Å². The second-order valence-corrected chi connectivity index (χ2v) is 15.0. The SMILES string of the molecule is CCCCCCC/C=C\C/C=C\CCCCCCCCCCCC(=O)OCC(COC(=O)CCCCCCC)OC(=O)CCCCCCCCCC. The first-order valence-corrected chi connectivity index (χ1v) is 22.3. The summed E-state index contributed by atoms with van der Waals surface area (Å²) >= 11 is 0. The Morgan fingerprint density at radius 3 is 1.06 bits per heavy atom. The fraction of sp³-hybridized carbons (Fsp3) is 0.848. The predicted octanol–water partition coefficient (Wildman–Crippen LogP) is 14.0. The number of hydrogen-bond donors (Lipinski definition) is 0. The molecule has 0 aromatic rings. The average molecular weight is 733 g/mol. The molecule has 0 aliphatic carbocycles. The molecule has 0 aliphatic rings. The molecule has 0 saturated carbocycles. The van der Waals surface area contributed by atoms with Crippen molar-refractivity contribution in [2.45, 2.75) is 239 Å². The normalized spacial score (nSPS) is 12.1. The van der Waals surface area contributed by atoms with Gasteiger partial charge in [0.15, 0.2) is 6.10 Å². The molecule has 0 rings (SSSR count). The van der Waals surface area contributed by atoms with Crippen LogP contribution < -0.4 is 0 Å². The molecule has 6 heteroatoms. The molecule has 0 heterocycles. The number of carbonyl (C=O) groups excluding carboxylic acids is 3. The zero-order chi connectivity index (χ0) is 38.0. The number of hydrogen-bond acceptors (Lipinski definition) is 6. The number of esters is 3. The van der Waals surface area contributed by atoms with E-state index in [1.807, 2.05) is 0 Å². The van der Waals surface area contributed by atoms with E-state index in [2.05, 4.69) is 45.1 Å². The number of ether oxygens (including phenoxy) is 3. The van der Waals surface area contributed by atoms with Gasteiger partial charge >= 0.3 is 17.9 Å². The lowest BCUT2D eigenvalue weighted by molar-refractivity contribution is -0.167. The summed E-state index contributed by atoms with van der Waals surface area (Å²) in [6.07, 6.45) is 44.9. The van der Waals surface area contributed by atoms with E-state index in [-0.39, 0.29) is 31.1 Å². The van der Waals surface area contributed by atoms with Crippen molar-refractivity contribution in [3.05, 3.63) is 24.3 Å². The van der Waals surface area contributed by atoms with Crippen LogP contribution in [-0.2, 0) is 28.6 Å². The number of unbranched alkanes of at least 4 members (excludes halogenated alkanes) is 25. The maximum atomic E-state index is 12.6. The molecule has 0 spiro atoms. The van der Waals surface area contributed by atoms with E-state index in [0.717, 1.165) is 70.6 Å². The first-order chi connectivity index (χ1) is 25.5. The van der Waals surface area contributed by atoms with E-state index in [1.165, 1.54) is 122 Å². The van der Waals surface area contributed by atoms with Crippen LogP contribution in [0.4, 0.5) is 0 Å². The molecule has 0 bridgehead atoms. The molecule has 1 unspecified atom stereocenters. The van der Waals surface area contributed by atoms with Gasteiger partial charge in [-0.15, -0.1) is 0 Å². The quantitative estimate of drug-likeness (QED) is 0.0270. The molecule has 0 fully saturated rings. The van der Waals surface area contributed by atoms with Gasteiger partial charge in [-0.25, -0.2) is 0 Å². The van der Waals surface area contributed by atoms with Crippen molar-refractivity contribution in [3.8, 4) is 0 Å². The molecule has 0 aromatic carbocycles. The number of carbonyl (C=O) groups is 3. The summed E-state index contributed by atoms with van der Waals surface area (Å²) in [4.78, 5) is 37.3. The summed E-state index contributed by atoms with van der Waals surface area (Å²) in [6, 6.07) is 0. The Balaban J connectivity index is 4.07. The summed E-state index contributed by atoms with van der Waals surface area (Å²) in [7, 11) is 0. The van der Waals surface area contributed by atoms with E-state index in [9.17, 15) is 14.4 Å². The van der Waals surface area contributed by atoms with Crippen molar-refractivity contribution in [1.29, 1.82) is 0 Å². The van der Waals surface area contributed by atoms with Crippen molar-refractivity contribution in [2.24, 2.45) is 0 Å². The van der Waals surface area contributed by atoms with Gasteiger partial charge in [0.1, 0.15) is 13.2 Å². The zero-order valence-electron chi connectivity index (χ0n) is 34.6. The van der Waals surface area contributed by atoms with Gasteiger partial charge in [0.05, 0.1) is 0 Å². The third kappa shape index (κ3) is 39.1. The first kappa shape index (κ1) is 49.9. The molecular weight excluding hydrogens is 649 g/mol. The van der Waals surface area contributed by atoms with Crippen molar-refractivity contribution in [3.63, 3.8) is 0 Å². The first-order valence-electron chi connectivity index (χ1n) is 22.3. The summed E-state index contributed by atoms with van der Waals surface area (Å²) in [5.74, 6) is -0.891. The van der Waals surface area contributed by atoms with Crippen molar-refractivity contribution >= 4 is 17.9 Å². The standard InChI is InChI=1S/C46H84O6/c1-4-7-10-13-15-17-18-19-20-21-22-23-24-25-26-27-28-29-31-33-36-39-45(48)51-42-43(41-50-44(47)38-35-32-12-9-6-3)52-46(49)40-37-34-30-16-14-11-8-5-2/h18-19,21-22,43H,4-17,20,23-42H2,1-3H3/b19-18-,22-21-. The Morgan fingerprint density at radius 2 is 0.692 bits per heavy atom. The summed E-state index contributed by atoms with van der Waals surface area (Å²) in [6.45, 7) is 6.51. The highest BCUT2D eigenvalue weighted by molar-refractivity contribution is 5.71. The molecule has 0 saturated heterocycles. The minimum absolute atomic E-state index is 0.0715. The number of rotatable bonds is 40. The van der Waals surface area contributed by atoms with Crippen LogP contribution in [-0.4, -0.2) is 37.2 Å². The summed E-state index contributed by atoms with van der Waals surface area (Å²) in [5.41, 5.74) is 0. The molecule has 304 valence electrons. The maximum absolute atomic E-state index is 12.6. The van der Waals surface area contributed by atoms with Crippen molar-refractivity contribution in [2.75, 3.05) is 13.2 Å². The molecule has 0 aromatic heterocycles. The van der Waals surface area contributed by atoms with Crippen LogP contribution in [0.25, 0.3) is 0 Å². The Bertz CT molecular complexity index is 850. The third-order valence-electron chi connectivity index (χ3n) is 9.71. The highest BCUT2D eigenvalue weighted by Gasteiger charge is 2.19. The topological polar surface area (TPSA) is 78.9 Å². The Kier molecular flexibility index (Phi) is 40.0. The van der Waals surface area contributed by atoms with Gasteiger partial charge in [-0.1, -0.05) is 186 Å². The number of allylic oxidation sites excluding steroid dienone is 4. The van der Waals surface area contributed by atoms with Crippen LogP contribution >= 0.6 is 0 Å².